The van der Waals surface area contributed by atoms with Crippen LogP contribution >= 0.6 is 11.8 Å². The van der Waals surface area contributed by atoms with Crippen LogP contribution in [-0.4, -0.2) is 38.4 Å². The predicted molar refractivity (Wildman–Crippen MR) is 78.0 cm³/mol. The summed E-state index contributed by atoms with van der Waals surface area (Å²) < 4.78 is 46.0. The van der Waals surface area contributed by atoms with Gasteiger partial charge in [-0.25, -0.2) is 0 Å². The number of halogens is 3. The van der Waals surface area contributed by atoms with Gasteiger partial charge in [-0.15, -0.1) is 11.8 Å². The third kappa shape index (κ3) is 6.41. The van der Waals surface area contributed by atoms with Crippen molar-refractivity contribution in [1.82, 2.24) is 0 Å². The monoisotopic (exact) mass is 339 g/mol. The lowest BCUT2D eigenvalue weighted by molar-refractivity contribution is -0.613. The minimum atomic E-state index is -4.30. The lowest BCUT2D eigenvalue weighted by atomic mass is 10.2. The first kappa shape index (κ1) is 19.1. The molecule has 0 aliphatic rings. The van der Waals surface area contributed by atoms with Gasteiger partial charge in [-0.05, 0) is 13.8 Å². The van der Waals surface area contributed by atoms with Gasteiger partial charge < -0.3 is 14.7 Å². The molecule has 0 bridgehead atoms. The molecule has 0 N–H and O–H groups in total. The summed E-state index contributed by atoms with van der Waals surface area (Å²) in [5.74, 6) is 0.656. The molecule has 0 aliphatic heterocycles. The molecule has 0 aliphatic carbocycles. The zero-order valence-electron chi connectivity index (χ0n) is 12.8. The van der Waals surface area contributed by atoms with Crippen molar-refractivity contribution in [2.45, 2.75) is 31.8 Å². The molecular weight excluding hydrogens is 319 g/mol. The van der Waals surface area contributed by atoms with Gasteiger partial charge in [0.25, 0.3) is 0 Å². The van der Waals surface area contributed by atoms with E-state index in [0.29, 0.717) is 18.1 Å². The Kier molecular flexibility index (Phi) is 7.44. The number of pyridine rings is 1. The second-order valence-electron chi connectivity index (χ2n) is 4.81. The van der Waals surface area contributed by atoms with Crippen LogP contribution in [0, 0.1) is 26.0 Å². The van der Waals surface area contributed by atoms with Gasteiger partial charge in [-0.3, -0.25) is 0 Å². The highest BCUT2D eigenvalue weighted by Gasteiger charge is 2.27. The average Bonchev–Trinajstić information content (AvgIpc) is 2.41. The Morgan fingerprint density at radius 1 is 1.14 bits per heavy atom. The number of nitrogens with zero attached hydrogens (tertiary/aromatic N) is 1. The van der Waals surface area contributed by atoms with Gasteiger partial charge in [0.05, 0.1) is 19.8 Å². The third-order valence-corrected chi connectivity index (χ3v) is 4.28. The van der Waals surface area contributed by atoms with Gasteiger partial charge in [0, 0.05) is 28.7 Å². The number of ether oxygens (including phenoxy) is 2. The van der Waals surface area contributed by atoms with Crippen LogP contribution < -0.4 is 4.73 Å². The quantitative estimate of drug-likeness (QED) is 0.316. The summed E-state index contributed by atoms with van der Waals surface area (Å²) in [4.78, 5) is 1.04. The molecule has 1 rings (SSSR count). The molecule has 1 aromatic rings. The van der Waals surface area contributed by atoms with Crippen LogP contribution in [0.15, 0.2) is 11.1 Å². The molecule has 1 aromatic heterocycles. The van der Waals surface area contributed by atoms with Crippen molar-refractivity contribution in [2.75, 3.05) is 32.2 Å². The van der Waals surface area contributed by atoms with Gasteiger partial charge in [0.15, 0.2) is 11.9 Å². The molecule has 22 heavy (non-hydrogen) atoms. The standard InChI is InChI=1S/C14H20F3NO3S/c1-10-8-18(19)12(3)11(2)13(10)22-7-6-20-4-5-21-9-14(15,16)17/h8H,4-7,9H2,1-3H3. The van der Waals surface area contributed by atoms with Gasteiger partial charge in [0.2, 0.25) is 0 Å². The number of thioether (sulfide) groups is 1. The largest absolute Gasteiger partial charge is 0.618 e. The SMILES string of the molecule is Cc1c[n+]([O-])c(C)c(C)c1SCCOCCOCC(F)(F)F. The molecule has 0 fully saturated rings. The second-order valence-corrected chi connectivity index (χ2v) is 5.91. The maximum absolute atomic E-state index is 11.8. The Labute approximate surface area is 132 Å². The lowest BCUT2D eigenvalue weighted by Gasteiger charge is -2.12. The van der Waals surface area contributed by atoms with Crippen LogP contribution in [0.5, 0.6) is 0 Å². The first-order chi connectivity index (χ1) is 10.2. The van der Waals surface area contributed by atoms with Crippen molar-refractivity contribution in [3.63, 3.8) is 0 Å². The highest BCUT2D eigenvalue weighted by Crippen LogP contribution is 2.26. The fourth-order valence-corrected chi connectivity index (χ4v) is 2.84. The zero-order chi connectivity index (χ0) is 16.8. The van der Waals surface area contributed by atoms with Crippen LogP contribution in [0.4, 0.5) is 13.2 Å². The number of alkyl halides is 3. The van der Waals surface area contributed by atoms with E-state index in [4.69, 9.17) is 4.74 Å². The van der Waals surface area contributed by atoms with Crippen molar-refractivity contribution >= 4 is 11.8 Å². The summed E-state index contributed by atoms with van der Waals surface area (Å²) in [5, 5.41) is 11.5. The van der Waals surface area contributed by atoms with Crippen molar-refractivity contribution in [1.29, 1.82) is 0 Å². The predicted octanol–water partition coefficient (Wildman–Crippen LogP) is 2.93. The number of hydrogen-bond acceptors (Lipinski definition) is 4. The average molecular weight is 339 g/mol. The van der Waals surface area contributed by atoms with Gasteiger partial charge in [-0.1, -0.05) is 0 Å². The topological polar surface area (TPSA) is 45.4 Å². The van der Waals surface area contributed by atoms with Crippen LogP contribution in [0.25, 0.3) is 0 Å². The van der Waals surface area contributed by atoms with Gasteiger partial charge in [-0.2, -0.15) is 17.9 Å². The van der Waals surface area contributed by atoms with Crippen LogP contribution in [0.1, 0.15) is 16.8 Å². The normalized spacial score (nSPS) is 11.9. The van der Waals surface area contributed by atoms with Crippen molar-refractivity contribution in [3.05, 3.63) is 28.2 Å². The Morgan fingerprint density at radius 2 is 1.77 bits per heavy atom. The van der Waals surface area contributed by atoms with Crippen LogP contribution in [-0.2, 0) is 9.47 Å². The molecule has 4 nitrogen and oxygen atoms in total. The summed E-state index contributed by atoms with van der Waals surface area (Å²) in [5.41, 5.74) is 2.50. The maximum Gasteiger partial charge on any atom is 0.411 e. The molecule has 0 atom stereocenters. The number of rotatable bonds is 8. The van der Waals surface area contributed by atoms with Crippen molar-refractivity contribution < 1.29 is 27.4 Å². The fourth-order valence-electron chi connectivity index (χ4n) is 1.79. The molecule has 8 heteroatoms. The summed E-state index contributed by atoms with van der Waals surface area (Å²) in [6, 6.07) is 0. The van der Waals surface area contributed by atoms with Crippen LogP contribution in [0.2, 0.25) is 0 Å². The van der Waals surface area contributed by atoms with Crippen molar-refractivity contribution in [2.24, 2.45) is 0 Å². The molecule has 126 valence electrons. The minimum Gasteiger partial charge on any atom is -0.618 e. The first-order valence-electron chi connectivity index (χ1n) is 6.77. The smallest absolute Gasteiger partial charge is 0.411 e. The summed E-state index contributed by atoms with van der Waals surface area (Å²) in [6.45, 7) is 4.73. The van der Waals surface area contributed by atoms with E-state index >= 15 is 0 Å². The molecule has 0 spiro atoms. The maximum atomic E-state index is 11.8. The molecule has 0 amide bonds. The summed E-state index contributed by atoms with van der Waals surface area (Å²) in [6.07, 6.45) is -2.76. The van der Waals surface area contributed by atoms with Gasteiger partial charge >= 0.3 is 6.18 Å². The lowest BCUT2D eigenvalue weighted by Crippen LogP contribution is -2.31. The third-order valence-electron chi connectivity index (χ3n) is 2.99. The summed E-state index contributed by atoms with van der Waals surface area (Å²) >= 11 is 1.57. The van der Waals surface area contributed by atoms with E-state index in [1.165, 1.54) is 6.20 Å². The highest BCUT2D eigenvalue weighted by atomic mass is 32.2. The van der Waals surface area contributed by atoms with Crippen molar-refractivity contribution in [3.8, 4) is 0 Å². The van der Waals surface area contributed by atoms with E-state index in [9.17, 15) is 18.4 Å². The number of aryl methyl sites for hydroxylation is 1. The molecule has 0 saturated heterocycles. The zero-order valence-corrected chi connectivity index (χ0v) is 13.6. The van der Waals surface area contributed by atoms with E-state index in [2.05, 4.69) is 4.74 Å². The number of hydrogen-bond donors (Lipinski definition) is 0. The Bertz CT molecular complexity index is 495. The first-order valence-corrected chi connectivity index (χ1v) is 7.76. The fraction of sp³-hybridized carbons (Fsp3) is 0.643. The molecule has 1 heterocycles. The van der Waals surface area contributed by atoms with E-state index in [0.717, 1.165) is 20.8 Å². The Morgan fingerprint density at radius 3 is 2.41 bits per heavy atom. The van der Waals surface area contributed by atoms with Crippen LogP contribution in [0.3, 0.4) is 0 Å². The van der Waals surface area contributed by atoms with E-state index in [1.807, 2.05) is 13.8 Å². The second kappa shape index (κ2) is 8.59. The van der Waals surface area contributed by atoms with Gasteiger partial charge in [0.1, 0.15) is 6.61 Å². The number of aromatic nitrogens is 1. The minimum absolute atomic E-state index is 0.0805. The molecular formula is C14H20F3NO3S. The molecule has 0 radical (unpaired) electrons. The van der Waals surface area contributed by atoms with E-state index in [1.54, 1.807) is 18.7 Å². The highest BCUT2D eigenvalue weighted by molar-refractivity contribution is 7.99. The Balaban J connectivity index is 2.25. The summed E-state index contributed by atoms with van der Waals surface area (Å²) in [7, 11) is 0. The molecule has 0 aromatic carbocycles. The van der Waals surface area contributed by atoms with E-state index in [-0.39, 0.29) is 13.2 Å². The van der Waals surface area contributed by atoms with E-state index < -0.39 is 12.8 Å². The molecule has 0 unspecified atom stereocenters. The Hall–Kier alpha value is -0.990. The molecule has 0 saturated carbocycles.